The highest BCUT2D eigenvalue weighted by molar-refractivity contribution is 5.94. The van der Waals surface area contributed by atoms with Gasteiger partial charge in [0.2, 0.25) is 0 Å². The molecule has 0 fully saturated rings. The molecule has 0 heterocycles. The first-order valence-electron chi connectivity index (χ1n) is 7.92. The number of carbonyl (C=O) groups excluding carboxylic acids is 1. The van der Waals surface area contributed by atoms with Crippen LogP contribution in [0.1, 0.15) is 36.7 Å². The molecule has 0 saturated carbocycles. The fraction of sp³-hybridized carbons (Fsp3) is 0.263. The SMILES string of the molecule is CCOc1cc(/C=N/NC(=O)c2ccccc2)ccc1OC(C)C. The summed E-state index contributed by atoms with van der Waals surface area (Å²) in [6.45, 7) is 6.38. The lowest BCUT2D eigenvalue weighted by Gasteiger charge is -2.14. The van der Waals surface area contributed by atoms with Gasteiger partial charge in [0, 0.05) is 5.56 Å². The molecule has 5 heteroatoms. The topological polar surface area (TPSA) is 59.9 Å². The molecule has 2 aromatic rings. The molecule has 0 saturated heterocycles. The number of hydrogen-bond donors (Lipinski definition) is 1. The molecule has 0 aromatic heterocycles. The molecule has 2 aromatic carbocycles. The number of ether oxygens (including phenoxy) is 2. The van der Waals surface area contributed by atoms with Gasteiger partial charge in [0.1, 0.15) is 0 Å². The fourth-order valence-electron chi connectivity index (χ4n) is 2.04. The molecule has 0 atom stereocenters. The van der Waals surface area contributed by atoms with Crippen LogP contribution in [0, 0.1) is 0 Å². The molecule has 0 radical (unpaired) electrons. The van der Waals surface area contributed by atoms with Crippen LogP contribution in [0.5, 0.6) is 11.5 Å². The third-order valence-corrected chi connectivity index (χ3v) is 3.05. The van der Waals surface area contributed by atoms with Crippen molar-refractivity contribution in [1.29, 1.82) is 0 Å². The van der Waals surface area contributed by atoms with E-state index >= 15 is 0 Å². The monoisotopic (exact) mass is 326 g/mol. The number of rotatable bonds is 7. The van der Waals surface area contributed by atoms with E-state index in [0.29, 0.717) is 23.7 Å². The van der Waals surface area contributed by atoms with Gasteiger partial charge in [-0.05, 0) is 56.7 Å². The van der Waals surface area contributed by atoms with Crippen molar-refractivity contribution >= 4 is 12.1 Å². The van der Waals surface area contributed by atoms with E-state index in [1.807, 2.05) is 45.0 Å². The summed E-state index contributed by atoms with van der Waals surface area (Å²) in [5.41, 5.74) is 3.87. The van der Waals surface area contributed by atoms with E-state index in [0.717, 1.165) is 5.56 Å². The first kappa shape index (κ1) is 17.5. The van der Waals surface area contributed by atoms with Gasteiger partial charge in [-0.25, -0.2) is 5.43 Å². The highest BCUT2D eigenvalue weighted by Crippen LogP contribution is 2.28. The minimum Gasteiger partial charge on any atom is -0.490 e. The van der Waals surface area contributed by atoms with E-state index in [1.54, 1.807) is 30.5 Å². The summed E-state index contributed by atoms with van der Waals surface area (Å²) < 4.78 is 11.3. The molecule has 1 N–H and O–H groups in total. The number of carbonyl (C=O) groups is 1. The van der Waals surface area contributed by atoms with Gasteiger partial charge >= 0.3 is 0 Å². The van der Waals surface area contributed by atoms with Crippen molar-refractivity contribution in [2.24, 2.45) is 5.10 Å². The standard InChI is InChI=1S/C19H22N2O3/c1-4-23-18-12-15(10-11-17(18)24-14(2)3)13-20-21-19(22)16-8-6-5-7-9-16/h5-14H,4H2,1-3H3,(H,21,22)/b20-13+. The Morgan fingerprint density at radius 2 is 1.92 bits per heavy atom. The van der Waals surface area contributed by atoms with E-state index in [1.165, 1.54) is 0 Å². The Hall–Kier alpha value is -2.82. The number of benzene rings is 2. The maximum atomic E-state index is 11.9. The van der Waals surface area contributed by atoms with Gasteiger partial charge in [-0.15, -0.1) is 0 Å². The van der Waals surface area contributed by atoms with Crippen molar-refractivity contribution in [3.63, 3.8) is 0 Å². The van der Waals surface area contributed by atoms with Crippen molar-refractivity contribution in [1.82, 2.24) is 5.43 Å². The Morgan fingerprint density at radius 1 is 1.17 bits per heavy atom. The molecule has 126 valence electrons. The van der Waals surface area contributed by atoms with Crippen LogP contribution in [0.3, 0.4) is 0 Å². The average molecular weight is 326 g/mol. The minimum absolute atomic E-state index is 0.0638. The van der Waals surface area contributed by atoms with Crippen LogP contribution in [0.15, 0.2) is 53.6 Å². The third-order valence-electron chi connectivity index (χ3n) is 3.05. The number of amides is 1. The van der Waals surface area contributed by atoms with E-state index in [2.05, 4.69) is 10.5 Å². The Bertz CT molecular complexity index is 697. The van der Waals surface area contributed by atoms with Gasteiger partial charge < -0.3 is 9.47 Å². The summed E-state index contributed by atoms with van der Waals surface area (Å²) in [7, 11) is 0. The minimum atomic E-state index is -0.253. The quantitative estimate of drug-likeness (QED) is 0.624. The van der Waals surface area contributed by atoms with Crippen LogP contribution in [-0.2, 0) is 0 Å². The molecule has 0 aliphatic rings. The van der Waals surface area contributed by atoms with Crippen molar-refractivity contribution in [3.05, 3.63) is 59.7 Å². The summed E-state index contributed by atoms with van der Waals surface area (Å²) >= 11 is 0. The maximum Gasteiger partial charge on any atom is 0.271 e. The molecule has 0 aliphatic carbocycles. The van der Waals surface area contributed by atoms with Gasteiger partial charge in [0.25, 0.3) is 5.91 Å². The second-order valence-corrected chi connectivity index (χ2v) is 5.37. The molecule has 24 heavy (non-hydrogen) atoms. The van der Waals surface area contributed by atoms with Gasteiger partial charge in [-0.1, -0.05) is 18.2 Å². The van der Waals surface area contributed by atoms with E-state index in [-0.39, 0.29) is 12.0 Å². The summed E-state index contributed by atoms with van der Waals surface area (Å²) in [6, 6.07) is 14.5. The predicted molar refractivity (Wildman–Crippen MR) is 94.9 cm³/mol. The van der Waals surface area contributed by atoms with Crippen LogP contribution in [0.2, 0.25) is 0 Å². The maximum absolute atomic E-state index is 11.9. The Kier molecular flexibility index (Phi) is 6.37. The Balaban J connectivity index is 2.06. The first-order chi connectivity index (χ1) is 11.6. The fourth-order valence-corrected chi connectivity index (χ4v) is 2.04. The van der Waals surface area contributed by atoms with Crippen molar-refractivity contribution in [2.45, 2.75) is 26.9 Å². The lowest BCUT2D eigenvalue weighted by atomic mass is 10.2. The normalized spacial score (nSPS) is 10.8. The van der Waals surface area contributed by atoms with Crippen LogP contribution in [-0.4, -0.2) is 24.8 Å². The van der Waals surface area contributed by atoms with Crippen molar-refractivity contribution in [3.8, 4) is 11.5 Å². The summed E-state index contributed by atoms with van der Waals surface area (Å²) in [4.78, 5) is 11.9. The molecule has 1 amide bonds. The summed E-state index contributed by atoms with van der Waals surface area (Å²) in [5, 5.41) is 3.99. The highest BCUT2D eigenvalue weighted by atomic mass is 16.5. The molecule has 0 aliphatic heterocycles. The summed E-state index contributed by atoms with van der Waals surface area (Å²) in [5.74, 6) is 1.10. The molecule has 0 bridgehead atoms. The largest absolute Gasteiger partial charge is 0.490 e. The predicted octanol–water partition coefficient (Wildman–Crippen LogP) is 3.64. The Morgan fingerprint density at radius 3 is 2.58 bits per heavy atom. The number of nitrogens with zero attached hydrogens (tertiary/aromatic N) is 1. The second-order valence-electron chi connectivity index (χ2n) is 5.37. The van der Waals surface area contributed by atoms with Crippen LogP contribution >= 0.6 is 0 Å². The molecular formula is C19H22N2O3. The summed E-state index contributed by atoms with van der Waals surface area (Å²) in [6.07, 6.45) is 1.64. The number of hydrazone groups is 1. The zero-order valence-corrected chi connectivity index (χ0v) is 14.2. The smallest absolute Gasteiger partial charge is 0.271 e. The second kappa shape index (κ2) is 8.72. The molecular weight excluding hydrogens is 304 g/mol. The zero-order valence-electron chi connectivity index (χ0n) is 14.2. The first-order valence-corrected chi connectivity index (χ1v) is 7.92. The lowest BCUT2D eigenvalue weighted by Crippen LogP contribution is -2.17. The van der Waals surface area contributed by atoms with Crippen LogP contribution < -0.4 is 14.9 Å². The van der Waals surface area contributed by atoms with Gasteiger partial charge in [-0.2, -0.15) is 5.10 Å². The van der Waals surface area contributed by atoms with Gasteiger partial charge in [0.15, 0.2) is 11.5 Å². The van der Waals surface area contributed by atoms with E-state index in [9.17, 15) is 4.79 Å². The zero-order chi connectivity index (χ0) is 17.4. The van der Waals surface area contributed by atoms with Crippen LogP contribution in [0.25, 0.3) is 0 Å². The number of nitrogens with one attached hydrogen (secondary N) is 1. The molecule has 2 rings (SSSR count). The van der Waals surface area contributed by atoms with Crippen molar-refractivity contribution < 1.29 is 14.3 Å². The number of hydrogen-bond acceptors (Lipinski definition) is 4. The molecule has 0 spiro atoms. The molecule has 5 nitrogen and oxygen atoms in total. The lowest BCUT2D eigenvalue weighted by molar-refractivity contribution is 0.0955. The van der Waals surface area contributed by atoms with E-state index in [4.69, 9.17) is 9.47 Å². The average Bonchev–Trinajstić information content (AvgIpc) is 2.57. The highest BCUT2D eigenvalue weighted by Gasteiger charge is 2.08. The third kappa shape index (κ3) is 5.12. The van der Waals surface area contributed by atoms with Crippen molar-refractivity contribution in [2.75, 3.05) is 6.61 Å². The Labute approximate surface area is 142 Å². The molecule has 0 unspecified atom stereocenters. The van der Waals surface area contributed by atoms with Crippen LogP contribution in [0.4, 0.5) is 0 Å². The van der Waals surface area contributed by atoms with E-state index < -0.39 is 0 Å². The van der Waals surface area contributed by atoms with Gasteiger partial charge in [-0.3, -0.25) is 4.79 Å². The van der Waals surface area contributed by atoms with Gasteiger partial charge in [0.05, 0.1) is 18.9 Å².